The molecule has 0 aliphatic heterocycles. The van der Waals surface area contributed by atoms with Crippen LogP contribution in [0.1, 0.15) is 15.9 Å². The molecule has 2 N–H and O–H groups in total. The Hall–Kier alpha value is -2.71. The highest BCUT2D eigenvalue weighted by Crippen LogP contribution is 2.23. The maximum absolute atomic E-state index is 13.1. The Balaban J connectivity index is 1.70. The van der Waals surface area contributed by atoms with Gasteiger partial charge in [-0.2, -0.15) is 0 Å². The maximum atomic E-state index is 13.1. The molecular weight excluding hydrogens is 447 g/mol. The second kappa shape index (κ2) is 8.12. The van der Waals surface area contributed by atoms with Crippen LogP contribution in [0.15, 0.2) is 81.0 Å². The van der Waals surface area contributed by atoms with Crippen molar-refractivity contribution in [3.05, 3.63) is 88.1 Å². The molecule has 1 amide bonds. The van der Waals surface area contributed by atoms with Gasteiger partial charge in [0.1, 0.15) is 5.82 Å². The third kappa shape index (κ3) is 4.40. The van der Waals surface area contributed by atoms with Gasteiger partial charge in [0.2, 0.25) is 9.84 Å². The fourth-order valence-electron chi connectivity index (χ4n) is 2.44. The number of hydrogen-bond acceptors (Lipinski definition) is 4. The monoisotopic (exact) mass is 462 g/mol. The lowest BCUT2D eigenvalue weighted by molar-refractivity contribution is 0.0962. The van der Waals surface area contributed by atoms with Crippen LogP contribution in [0.3, 0.4) is 0 Å². The van der Waals surface area contributed by atoms with Crippen LogP contribution in [-0.2, 0) is 9.84 Å². The molecule has 0 spiro atoms. The summed E-state index contributed by atoms with van der Waals surface area (Å²) >= 11 is 3.14. The summed E-state index contributed by atoms with van der Waals surface area (Å²) in [6.45, 7) is 1.88. The number of aryl methyl sites for hydroxylation is 1. The van der Waals surface area contributed by atoms with E-state index in [2.05, 4.69) is 26.8 Å². The van der Waals surface area contributed by atoms with E-state index in [1.807, 2.05) is 6.92 Å². The van der Waals surface area contributed by atoms with Crippen LogP contribution in [0.2, 0.25) is 0 Å². The van der Waals surface area contributed by atoms with Gasteiger partial charge in [0.25, 0.3) is 5.91 Å². The summed E-state index contributed by atoms with van der Waals surface area (Å²) in [5.74, 6) is -0.926. The number of sulfone groups is 1. The smallest absolute Gasteiger partial charge is 0.270 e. The molecule has 8 heteroatoms. The molecule has 144 valence electrons. The normalized spacial score (nSPS) is 11.1. The number of hydrogen-bond donors (Lipinski definition) is 2. The molecule has 0 saturated heterocycles. The zero-order valence-electron chi connectivity index (χ0n) is 14.7. The molecule has 0 aliphatic carbocycles. The summed E-state index contributed by atoms with van der Waals surface area (Å²) in [7, 11) is -3.61. The highest BCUT2D eigenvalue weighted by Gasteiger charge is 2.17. The molecule has 3 aromatic rings. The Morgan fingerprint density at radius 1 is 0.929 bits per heavy atom. The van der Waals surface area contributed by atoms with Crippen molar-refractivity contribution in [3.8, 4) is 0 Å². The molecule has 0 fully saturated rings. The first-order valence-electron chi connectivity index (χ1n) is 8.20. The minimum Gasteiger partial charge on any atom is -0.298 e. The lowest BCUT2D eigenvalue weighted by Crippen LogP contribution is -2.29. The minimum atomic E-state index is -3.61. The van der Waals surface area contributed by atoms with Crippen molar-refractivity contribution in [1.29, 1.82) is 0 Å². The van der Waals surface area contributed by atoms with Gasteiger partial charge in [-0.3, -0.25) is 15.6 Å². The van der Waals surface area contributed by atoms with Gasteiger partial charge in [-0.25, -0.2) is 12.8 Å². The second-order valence-electron chi connectivity index (χ2n) is 6.04. The van der Waals surface area contributed by atoms with Gasteiger partial charge in [0.15, 0.2) is 0 Å². The highest BCUT2D eigenvalue weighted by molar-refractivity contribution is 9.10. The molecule has 0 unspecified atom stereocenters. The van der Waals surface area contributed by atoms with Crippen LogP contribution in [0, 0.1) is 12.7 Å². The summed E-state index contributed by atoms with van der Waals surface area (Å²) < 4.78 is 38.7. The number of amides is 1. The van der Waals surface area contributed by atoms with E-state index in [0.717, 1.165) is 5.56 Å². The number of carbonyl (C=O) groups is 1. The average Bonchev–Trinajstić information content (AvgIpc) is 2.67. The molecule has 28 heavy (non-hydrogen) atoms. The van der Waals surface area contributed by atoms with Gasteiger partial charge in [-0.05, 0) is 77.5 Å². The Kier molecular flexibility index (Phi) is 5.81. The molecule has 3 aromatic carbocycles. The summed E-state index contributed by atoms with van der Waals surface area (Å²) in [6, 6.07) is 16.3. The molecule has 0 atom stereocenters. The van der Waals surface area contributed by atoms with Crippen LogP contribution in [0.5, 0.6) is 0 Å². The standard InChI is InChI=1S/C20H16BrFN2O3S/c1-13-2-7-16(8-3-13)28(26,27)17-9-5-15(6-10-17)23-24-20(25)18-11-4-14(22)12-19(18)21/h2-12,23H,1H3,(H,24,25). The van der Waals surface area contributed by atoms with E-state index in [9.17, 15) is 17.6 Å². The number of anilines is 1. The SMILES string of the molecule is Cc1ccc(S(=O)(=O)c2ccc(NNC(=O)c3ccc(F)cc3Br)cc2)cc1. The van der Waals surface area contributed by atoms with E-state index in [1.54, 1.807) is 36.4 Å². The third-order valence-electron chi connectivity index (χ3n) is 3.99. The quantitative estimate of drug-likeness (QED) is 0.547. The zero-order chi connectivity index (χ0) is 20.3. The predicted molar refractivity (Wildman–Crippen MR) is 108 cm³/mol. The van der Waals surface area contributed by atoms with Crippen molar-refractivity contribution in [3.63, 3.8) is 0 Å². The van der Waals surface area contributed by atoms with Crippen molar-refractivity contribution < 1.29 is 17.6 Å². The van der Waals surface area contributed by atoms with Crippen LogP contribution < -0.4 is 10.9 Å². The van der Waals surface area contributed by atoms with Gasteiger partial charge in [-0.15, -0.1) is 0 Å². The van der Waals surface area contributed by atoms with Crippen molar-refractivity contribution in [1.82, 2.24) is 5.43 Å². The van der Waals surface area contributed by atoms with Crippen molar-refractivity contribution in [2.45, 2.75) is 16.7 Å². The first-order chi connectivity index (χ1) is 13.3. The third-order valence-corrected chi connectivity index (χ3v) is 6.43. The first kappa shape index (κ1) is 20.0. The summed E-state index contributed by atoms with van der Waals surface area (Å²) in [6.07, 6.45) is 0. The number of hydrazine groups is 1. The molecule has 0 saturated carbocycles. The molecular formula is C20H16BrFN2O3S. The topological polar surface area (TPSA) is 75.3 Å². The molecule has 3 rings (SSSR count). The van der Waals surface area contributed by atoms with E-state index >= 15 is 0 Å². The van der Waals surface area contributed by atoms with E-state index < -0.39 is 21.6 Å². The van der Waals surface area contributed by atoms with Gasteiger partial charge < -0.3 is 0 Å². The lowest BCUT2D eigenvalue weighted by Gasteiger charge is -2.11. The van der Waals surface area contributed by atoms with Crippen LogP contribution in [0.25, 0.3) is 0 Å². The van der Waals surface area contributed by atoms with Gasteiger partial charge in [0, 0.05) is 4.47 Å². The Morgan fingerprint density at radius 2 is 1.50 bits per heavy atom. The second-order valence-corrected chi connectivity index (χ2v) is 8.85. The van der Waals surface area contributed by atoms with E-state index in [1.165, 1.54) is 30.3 Å². The summed E-state index contributed by atoms with van der Waals surface area (Å²) in [5.41, 5.74) is 6.91. The van der Waals surface area contributed by atoms with Crippen LogP contribution >= 0.6 is 15.9 Å². The molecule has 0 radical (unpaired) electrons. The highest BCUT2D eigenvalue weighted by atomic mass is 79.9. The number of halogens is 2. The molecule has 0 heterocycles. The lowest BCUT2D eigenvalue weighted by atomic mass is 10.2. The molecule has 0 bridgehead atoms. The summed E-state index contributed by atoms with van der Waals surface area (Å²) in [4.78, 5) is 12.5. The van der Waals surface area contributed by atoms with Gasteiger partial charge >= 0.3 is 0 Å². The fourth-order valence-corrected chi connectivity index (χ4v) is 4.23. The number of carbonyl (C=O) groups excluding carboxylic acids is 1. The fraction of sp³-hybridized carbons (Fsp3) is 0.0500. The van der Waals surface area contributed by atoms with E-state index in [-0.39, 0.29) is 15.4 Å². The number of rotatable bonds is 5. The molecule has 5 nitrogen and oxygen atoms in total. The Labute approximate surface area is 170 Å². The molecule has 0 aromatic heterocycles. The number of nitrogens with one attached hydrogen (secondary N) is 2. The van der Waals surface area contributed by atoms with E-state index in [0.29, 0.717) is 10.2 Å². The van der Waals surface area contributed by atoms with Gasteiger partial charge in [-0.1, -0.05) is 17.7 Å². The number of benzene rings is 3. The van der Waals surface area contributed by atoms with Crippen LogP contribution in [0.4, 0.5) is 10.1 Å². The molecule has 0 aliphatic rings. The summed E-state index contributed by atoms with van der Waals surface area (Å²) in [5, 5.41) is 0. The van der Waals surface area contributed by atoms with E-state index in [4.69, 9.17) is 0 Å². The van der Waals surface area contributed by atoms with Crippen molar-refractivity contribution >= 4 is 37.4 Å². The Morgan fingerprint density at radius 3 is 2.07 bits per heavy atom. The van der Waals surface area contributed by atoms with Crippen molar-refractivity contribution in [2.24, 2.45) is 0 Å². The average molecular weight is 463 g/mol. The van der Waals surface area contributed by atoms with Crippen LogP contribution in [-0.4, -0.2) is 14.3 Å². The largest absolute Gasteiger partial charge is 0.298 e. The Bertz CT molecular complexity index is 1120. The minimum absolute atomic E-state index is 0.148. The van der Waals surface area contributed by atoms with Crippen molar-refractivity contribution in [2.75, 3.05) is 5.43 Å². The first-order valence-corrected chi connectivity index (χ1v) is 10.5. The van der Waals surface area contributed by atoms with Gasteiger partial charge in [0.05, 0.1) is 21.0 Å². The zero-order valence-corrected chi connectivity index (χ0v) is 17.1. The predicted octanol–water partition coefficient (Wildman–Crippen LogP) is 4.49. The maximum Gasteiger partial charge on any atom is 0.270 e.